The quantitative estimate of drug-likeness (QED) is 0.846. The van der Waals surface area contributed by atoms with Crippen LogP contribution in [-0.2, 0) is 6.42 Å². The summed E-state index contributed by atoms with van der Waals surface area (Å²) >= 11 is 0. The summed E-state index contributed by atoms with van der Waals surface area (Å²) in [5, 5.41) is 4.30. The Morgan fingerprint density at radius 2 is 2.25 bits per heavy atom. The summed E-state index contributed by atoms with van der Waals surface area (Å²) in [6.07, 6.45) is 0.765. The van der Waals surface area contributed by atoms with E-state index in [1.165, 1.54) is 0 Å². The molecule has 0 saturated heterocycles. The Labute approximate surface area is 93.9 Å². The van der Waals surface area contributed by atoms with Crippen molar-refractivity contribution in [1.29, 1.82) is 0 Å². The summed E-state index contributed by atoms with van der Waals surface area (Å²) in [6.45, 7) is 1.99. The van der Waals surface area contributed by atoms with Crippen LogP contribution in [0.2, 0.25) is 0 Å². The number of anilines is 1. The molecule has 0 aliphatic heterocycles. The van der Waals surface area contributed by atoms with Gasteiger partial charge in [0.15, 0.2) is 5.82 Å². The average molecular weight is 218 g/mol. The second kappa shape index (κ2) is 4.22. The van der Waals surface area contributed by atoms with Crippen molar-refractivity contribution in [3.05, 3.63) is 30.1 Å². The van der Waals surface area contributed by atoms with Crippen LogP contribution in [0.15, 0.2) is 24.3 Å². The van der Waals surface area contributed by atoms with Gasteiger partial charge in [0.1, 0.15) is 5.75 Å². The zero-order chi connectivity index (χ0) is 11.5. The van der Waals surface area contributed by atoms with Gasteiger partial charge in [0, 0.05) is 12.5 Å². The van der Waals surface area contributed by atoms with E-state index >= 15 is 0 Å². The highest BCUT2D eigenvalue weighted by atomic mass is 16.5. The minimum atomic E-state index is 0.394. The largest absolute Gasteiger partial charge is 0.497 e. The van der Waals surface area contributed by atoms with Gasteiger partial charge >= 0.3 is 0 Å². The first-order chi connectivity index (χ1) is 7.74. The molecule has 0 saturated carbocycles. The second-order valence-electron chi connectivity index (χ2n) is 3.35. The molecule has 16 heavy (non-hydrogen) atoms. The fraction of sp³-hybridized carbons (Fsp3) is 0.273. The predicted molar refractivity (Wildman–Crippen MR) is 61.7 cm³/mol. The molecule has 2 aromatic rings. The van der Waals surface area contributed by atoms with Gasteiger partial charge in [0.25, 0.3) is 0 Å². The maximum absolute atomic E-state index is 5.79. The number of methoxy groups -OCH3 is 1. The minimum Gasteiger partial charge on any atom is -0.497 e. The van der Waals surface area contributed by atoms with Crippen LogP contribution < -0.4 is 10.5 Å². The van der Waals surface area contributed by atoms with Crippen molar-refractivity contribution in [3.63, 3.8) is 0 Å². The predicted octanol–water partition coefficient (Wildman–Crippen LogP) is 1.42. The zero-order valence-electron chi connectivity index (χ0n) is 9.34. The highest BCUT2D eigenvalue weighted by molar-refractivity contribution is 5.42. The van der Waals surface area contributed by atoms with Crippen LogP contribution in [0.4, 0.5) is 5.95 Å². The minimum absolute atomic E-state index is 0.394. The number of nitrogens with two attached hydrogens (primary N) is 1. The van der Waals surface area contributed by atoms with Crippen molar-refractivity contribution in [1.82, 2.24) is 14.8 Å². The van der Waals surface area contributed by atoms with Crippen molar-refractivity contribution >= 4 is 5.95 Å². The summed E-state index contributed by atoms with van der Waals surface area (Å²) in [5.74, 6) is 1.90. The van der Waals surface area contributed by atoms with E-state index < -0.39 is 0 Å². The van der Waals surface area contributed by atoms with Crippen LogP contribution in [0.3, 0.4) is 0 Å². The maximum Gasteiger partial charge on any atom is 0.223 e. The van der Waals surface area contributed by atoms with Crippen molar-refractivity contribution in [2.45, 2.75) is 13.3 Å². The van der Waals surface area contributed by atoms with Crippen LogP contribution in [0.25, 0.3) is 5.69 Å². The van der Waals surface area contributed by atoms with E-state index in [-0.39, 0.29) is 0 Å². The van der Waals surface area contributed by atoms with Crippen LogP contribution in [0.1, 0.15) is 12.7 Å². The molecule has 1 heterocycles. The van der Waals surface area contributed by atoms with E-state index in [4.69, 9.17) is 10.5 Å². The first-order valence-corrected chi connectivity index (χ1v) is 5.10. The van der Waals surface area contributed by atoms with Crippen molar-refractivity contribution in [3.8, 4) is 11.4 Å². The van der Waals surface area contributed by atoms with Gasteiger partial charge in [-0.15, -0.1) is 5.10 Å². The highest BCUT2D eigenvalue weighted by Gasteiger charge is 2.07. The lowest BCUT2D eigenvalue weighted by Gasteiger charge is -2.04. The lowest BCUT2D eigenvalue weighted by Crippen LogP contribution is -2.02. The summed E-state index contributed by atoms with van der Waals surface area (Å²) in [7, 11) is 1.63. The number of ether oxygens (including phenoxy) is 1. The van der Waals surface area contributed by atoms with Crippen molar-refractivity contribution in [2.75, 3.05) is 12.8 Å². The average Bonchev–Trinajstić information content (AvgIpc) is 2.71. The first-order valence-electron chi connectivity index (χ1n) is 5.10. The van der Waals surface area contributed by atoms with E-state index in [1.54, 1.807) is 11.8 Å². The number of hydrogen-bond acceptors (Lipinski definition) is 4. The number of rotatable bonds is 3. The van der Waals surface area contributed by atoms with Crippen molar-refractivity contribution in [2.24, 2.45) is 0 Å². The fourth-order valence-electron chi connectivity index (χ4n) is 1.45. The molecule has 1 aromatic heterocycles. The molecule has 2 rings (SSSR count). The molecule has 84 valence electrons. The molecule has 1 aromatic carbocycles. The van der Waals surface area contributed by atoms with Gasteiger partial charge in [-0.25, -0.2) is 0 Å². The van der Waals surface area contributed by atoms with Gasteiger partial charge in [-0.05, 0) is 12.1 Å². The van der Waals surface area contributed by atoms with Crippen LogP contribution in [0.5, 0.6) is 5.75 Å². The normalized spacial score (nSPS) is 10.4. The number of aromatic nitrogens is 3. The standard InChI is InChI=1S/C11H14N4O/c1-3-10-13-11(12)15(14-10)8-5-4-6-9(7-8)16-2/h4-7H,3H2,1-2H3,(H2,12,13,14). The molecule has 2 N–H and O–H groups in total. The highest BCUT2D eigenvalue weighted by Crippen LogP contribution is 2.17. The Morgan fingerprint density at radius 1 is 1.44 bits per heavy atom. The van der Waals surface area contributed by atoms with Crippen LogP contribution in [-0.4, -0.2) is 21.9 Å². The van der Waals surface area contributed by atoms with Crippen LogP contribution >= 0.6 is 0 Å². The molecular formula is C11H14N4O. The summed E-state index contributed by atoms with van der Waals surface area (Å²) < 4.78 is 6.76. The third-order valence-electron chi connectivity index (χ3n) is 2.29. The van der Waals surface area contributed by atoms with Gasteiger partial charge < -0.3 is 10.5 Å². The summed E-state index contributed by atoms with van der Waals surface area (Å²) in [4.78, 5) is 4.15. The number of nitrogen functional groups attached to an aromatic ring is 1. The monoisotopic (exact) mass is 218 g/mol. The molecule has 0 unspecified atom stereocenters. The molecule has 0 amide bonds. The van der Waals surface area contributed by atoms with Crippen LogP contribution in [0, 0.1) is 0 Å². The van der Waals surface area contributed by atoms with Gasteiger partial charge in [-0.1, -0.05) is 13.0 Å². The SMILES string of the molecule is CCc1nc(N)n(-c2cccc(OC)c2)n1. The van der Waals surface area contributed by atoms with E-state index in [2.05, 4.69) is 10.1 Å². The third-order valence-corrected chi connectivity index (χ3v) is 2.29. The first kappa shape index (κ1) is 10.5. The molecule has 0 radical (unpaired) electrons. The molecule has 0 atom stereocenters. The number of hydrogen-bond donors (Lipinski definition) is 1. The fourth-order valence-corrected chi connectivity index (χ4v) is 1.45. The smallest absolute Gasteiger partial charge is 0.223 e. The number of nitrogens with zero attached hydrogens (tertiary/aromatic N) is 3. The third kappa shape index (κ3) is 1.84. The molecular weight excluding hydrogens is 204 g/mol. The molecule has 0 aliphatic rings. The van der Waals surface area contributed by atoms with E-state index in [0.29, 0.717) is 5.95 Å². The Balaban J connectivity index is 2.45. The van der Waals surface area contributed by atoms with Gasteiger partial charge in [-0.3, -0.25) is 0 Å². The second-order valence-corrected chi connectivity index (χ2v) is 3.35. The molecule has 0 bridgehead atoms. The summed E-state index contributed by atoms with van der Waals surface area (Å²) in [5.41, 5.74) is 6.64. The lowest BCUT2D eigenvalue weighted by atomic mass is 10.3. The molecule has 5 heteroatoms. The number of benzene rings is 1. The molecule has 0 aliphatic carbocycles. The van der Waals surface area contributed by atoms with Gasteiger partial charge in [-0.2, -0.15) is 9.67 Å². The van der Waals surface area contributed by atoms with Gasteiger partial charge in [0.05, 0.1) is 12.8 Å². The lowest BCUT2D eigenvalue weighted by molar-refractivity contribution is 0.414. The van der Waals surface area contributed by atoms with E-state index in [9.17, 15) is 0 Å². The van der Waals surface area contributed by atoms with Crippen molar-refractivity contribution < 1.29 is 4.74 Å². The Hall–Kier alpha value is -2.04. The number of aryl methyl sites for hydroxylation is 1. The topological polar surface area (TPSA) is 66.0 Å². The zero-order valence-corrected chi connectivity index (χ0v) is 9.34. The maximum atomic E-state index is 5.79. The Bertz CT molecular complexity index is 492. The summed E-state index contributed by atoms with van der Waals surface area (Å²) in [6, 6.07) is 7.54. The molecule has 5 nitrogen and oxygen atoms in total. The molecule has 0 fully saturated rings. The molecule has 0 spiro atoms. The Morgan fingerprint density at radius 3 is 2.88 bits per heavy atom. The van der Waals surface area contributed by atoms with Gasteiger partial charge in [0.2, 0.25) is 5.95 Å². The van der Waals surface area contributed by atoms with E-state index in [0.717, 1.165) is 23.7 Å². The van der Waals surface area contributed by atoms with E-state index in [1.807, 2.05) is 31.2 Å². The Kier molecular flexibility index (Phi) is 2.76.